The van der Waals surface area contributed by atoms with Crippen LogP contribution in [-0.4, -0.2) is 49.9 Å². The third kappa shape index (κ3) is 6.98. The lowest BCUT2D eigenvalue weighted by molar-refractivity contribution is -0.0529. The Kier molecular flexibility index (Phi) is 7.93. The number of carbonyl (C=O) groups excluding carboxylic acids is 2. The number of aromatic nitrogens is 3. The van der Waals surface area contributed by atoms with Crippen molar-refractivity contribution in [3.8, 4) is 16.5 Å². The number of alkyl halides is 2. The van der Waals surface area contributed by atoms with Gasteiger partial charge in [0.25, 0.3) is 0 Å². The number of aryl methyl sites for hydroxylation is 1. The molecule has 4 rings (SSSR count). The maximum absolute atomic E-state index is 13.0. The van der Waals surface area contributed by atoms with Crippen LogP contribution in [0.5, 0.6) is 5.88 Å². The molecule has 0 fully saturated rings. The number of thiazole rings is 1. The predicted molar refractivity (Wildman–Crippen MR) is 148 cm³/mol. The third-order valence-electron chi connectivity index (χ3n) is 5.26. The number of rotatable bonds is 5. The summed E-state index contributed by atoms with van der Waals surface area (Å²) in [5, 5.41) is 0.606. The Bertz CT molecular complexity index is 1550. The average molecular weight is 573 g/mol. The highest BCUT2D eigenvalue weighted by atomic mass is 32.1. The fourth-order valence-electron chi connectivity index (χ4n) is 3.81. The van der Waals surface area contributed by atoms with Gasteiger partial charge in [-0.25, -0.2) is 29.4 Å². The molecule has 0 unspecified atom stereocenters. The maximum atomic E-state index is 13.0. The molecule has 12 heteroatoms. The molecular weight excluding hydrogens is 542 g/mol. The number of halogens is 2. The van der Waals surface area contributed by atoms with Crippen LogP contribution in [0.2, 0.25) is 0 Å². The lowest BCUT2D eigenvalue weighted by Crippen LogP contribution is -2.43. The number of nitrogens with zero attached hydrogens (tertiary/aromatic N) is 4. The standard InChI is InChI=1S/C28H30F2N4O5S/c1-15-11-17(21-19(12-15)32-20(13-31-21)37-24(29)30)23-33-18-10-8-9-16(22(18)40-23)14-34(25(35)38-27(2,3)4)26(36)39-28(5,6)7/h8-13,24H,14H2,1-7H3. The van der Waals surface area contributed by atoms with Gasteiger partial charge in [0.1, 0.15) is 16.2 Å². The number of carbonyl (C=O) groups is 2. The van der Waals surface area contributed by atoms with Gasteiger partial charge in [0.05, 0.1) is 34.0 Å². The minimum absolute atomic E-state index is 0.106. The second-order valence-electron chi connectivity index (χ2n) is 11.1. The third-order valence-corrected chi connectivity index (χ3v) is 6.44. The van der Waals surface area contributed by atoms with E-state index in [4.69, 9.17) is 14.5 Å². The van der Waals surface area contributed by atoms with Crippen molar-refractivity contribution >= 4 is 44.8 Å². The Morgan fingerprint density at radius 2 is 1.62 bits per heavy atom. The van der Waals surface area contributed by atoms with Crippen LogP contribution in [0.25, 0.3) is 31.8 Å². The summed E-state index contributed by atoms with van der Waals surface area (Å²) in [6.45, 7) is 9.02. The number of imide groups is 1. The van der Waals surface area contributed by atoms with Gasteiger partial charge in [-0.2, -0.15) is 8.78 Å². The lowest BCUT2D eigenvalue weighted by Gasteiger charge is -2.28. The number of hydrogen-bond acceptors (Lipinski definition) is 9. The number of benzene rings is 2. The number of ether oxygens (including phenoxy) is 3. The summed E-state index contributed by atoms with van der Waals surface area (Å²) in [6.07, 6.45) is -0.512. The van der Waals surface area contributed by atoms with Gasteiger partial charge < -0.3 is 14.2 Å². The van der Waals surface area contributed by atoms with Gasteiger partial charge in [0.2, 0.25) is 5.88 Å². The van der Waals surface area contributed by atoms with Crippen molar-refractivity contribution in [2.24, 2.45) is 0 Å². The van der Waals surface area contributed by atoms with Crippen molar-refractivity contribution in [2.75, 3.05) is 0 Å². The molecule has 212 valence electrons. The van der Waals surface area contributed by atoms with Crippen molar-refractivity contribution in [3.05, 3.63) is 47.7 Å². The molecule has 0 bridgehead atoms. The van der Waals surface area contributed by atoms with Gasteiger partial charge in [-0.15, -0.1) is 11.3 Å². The summed E-state index contributed by atoms with van der Waals surface area (Å²) in [5.41, 5.74) is 1.99. The molecule has 2 heterocycles. The molecule has 2 aromatic carbocycles. The topological polar surface area (TPSA) is 104 Å². The first-order chi connectivity index (χ1) is 18.6. The normalized spacial score (nSPS) is 12.2. The number of amides is 2. The summed E-state index contributed by atoms with van der Waals surface area (Å²) in [6, 6.07) is 9.01. The van der Waals surface area contributed by atoms with Gasteiger partial charge in [-0.05, 0) is 77.8 Å². The zero-order chi connectivity index (χ0) is 29.4. The molecule has 0 saturated carbocycles. The van der Waals surface area contributed by atoms with Crippen molar-refractivity contribution in [3.63, 3.8) is 0 Å². The molecule has 0 radical (unpaired) electrons. The van der Waals surface area contributed by atoms with Crippen molar-refractivity contribution in [2.45, 2.75) is 72.8 Å². The Morgan fingerprint density at radius 1 is 0.975 bits per heavy atom. The van der Waals surface area contributed by atoms with E-state index in [1.165, 1.54) is 11.3 Å². The molecule has 40 heavy (non-hydrogen) atoms. The highest BCUT2D eigenvalue weighted by Gasteiger charge is 2.32. The van der Waals surface area contributed by atoms with Gasteiger partial charge in [0.15, 0.2) is 0 Å². The average Bonchev–Trinajstić information content (AvgIpc) is 3.24. The first-order valence-electron chi connectivity index (χ1n) is 12.4. The second-order valence-corrected chi connectivity index (χ2v) is 12.1. The van der Waals surface area contributed by atoms with E-state index in [0.29, 0.717) is 32.7 Å². The van der Waals surface area contributed by atoms with Crippen LogP contribution in [0, 0.1) is 6.92 Å². The minimum atomic E-state index is -3.01. The SMILES string of the molecule is Cc1cc(-c2nc3cccc(CN(C(=O)OC(C)(C)C)C(=O)OC(C)(C)C)c3s2)c2ncc(OC(F)F)nc2c1. The summed E-state index contributed by atoms with van der Waals surface area (Å²) >= 11 is 1.35. The van der Waals surface area contributed by atoms with Crippen LogP contribution in [0.3, 0.4) is 0 Å². The van der Waals surface area contributed by atoms with E-state index in [2.05, 4.69) is 14.7 Å². The maximum Gasteiger partial charge on any atom is 0.420 e. The first-order valence-corrected chi connectivity index (χ1v) is 13.3. The fraction of sp³-hybridized carbons (Fsp3) is 0.393. The molecule has 0 atom stereocenters. The van der Waals surface area contributed by atoms with E-state index in [9.17, 15) is 18.4 Å². The molecule has 0 N–H and O–H groups in total. The highest BCUT2D eigenvalue weighted by Crippen LogP contribution is 2.37. The van der Waals surface area contributed by atoms with Crippen LogP contribution in [0.1, 0.15) is 52.7 Å². The van der Waals surface area contributed by atoms with E-state index in [-0.39, 0.29) is 12.4 Å². The second kappa shape index (κ2) is 10.9. The molecule has 9 nitrogen and oxygen atoms in total. The van der Waals surface area contributed by atoms with Crippen LogP contribution >= 0.6 is 11.3 Å². The molecule has 0 aliphatic carbocycles. The monoisotopic (exact) mass is 572 g/mol. The van der Waals surface area contributed by atoms with E-state index >= 15 is 0 Å². The Hall–Kier alpha value is -3.93. The van der Waals surface area contributed by atoms with Crippen molar-refractivity contribution in [1.82, 2.24) is 19.9 Å². The molecule has 0 spiro atoms. The molecular formula is C28H30F2N4O5S. The van der Waals surface area contributed by atoms with Crippen LogP contribution < -0.4 is 4.74 Å². The fourth-order valence-corrected chi connectivity index (χ4v) is 4.90. The first kappa shape index (κ1) is 29.1. The Labute approximate surface area is 234 Å². The summed E-state index contributed by atoms with van der Waals surface area (Å²) < 4.78 is 41.5. The summed E-state index contributed by atoms with van der Waals surface area (Å²) in [4.78, 5) is 40.3. The molecule has 4 aromatic rings. The van der Waals surface area contributed by atoms with Gasteiger partial charge in [0, 0.05) is 5.56 Å². The molecule has 2 aromatic heterocycles. The van der Waals surface area contributed by atoms with Crippen LogP contribution in [0.15, 0.2) is 36.5 Å². The van der Waals surface area contributed by atoms with Gasteiger partial charge in [-0.3, -0.25) is 0 Å². The molecule has 0 saturated heterocycles. The van der Waals surface area contributed by atoms with E-state index in [1.54, 1.807) is 59.7 Å². The van der Waals surface area contributed by atoms with Crippen LogP contribution in [0.4, 0.5) is 18.4 Å². The zero-order valence-corrected chi connectivity index (χ0v) is 24.1. The number of fused-ring (bicyclic) bond motifs is 2. The Balaban J connectivity index is 1.76. The summed E-state index contributed by atoms with van der Waals surface area (Å²) in [7, 11) is 0. The van der Waals surface area contributed by atoms with Crippen molar-refractivity contribution < 1.29 is 32.6 Å². The van der Waals surface area contributed by atoms with Crippen molar-refractivity contribution in [1.29, 1.82) is 0 Å². The van der Waals surface area contributed by atoms with E-state index in [1.807, 2.05) is 19.1 Å². The molecule has 0 aliphatic rings. The smallest absolute Gasteiger partial charge is 0.420 e. The largest absolute Gasteiger partial charge is 0.443 e. The zero-order valence-electron chi connectivity index (χ0n) is 23.2. The quantitative estimate of drug-likeness (QED) is 0.242. The minimum Gasteiger partial charge on any atom is -0.443 e. The van der Waals surface area contributed by atoms with E-state index < -0.39 is 30.0 Å². The Morgan fingerprint density at radius 3 is 2.23 bits per heavy atom. The van der Waals surface area contributed by atoms with Crippen LogP contribution in [-0.2, 0) is 16.0 Å². The molecule has 0 aliphatic heterocycles. The van der Waals surface area contributed by atoms with E-state index in [0.717, 1.165) is 21.4 Å². The predicted octanol–water partition coefficient (Wildman–Crippen LogP) is 7.49. The number of hydrogen-bond donors (Lipinski definition) is 0. The summed E-state index contributed by atoms with van der Waals surface area (Å²) in [5.74, 6) is -0.282. The highest BCUT2D eigenvalue weighted by molar-refractivity contribution is 7.22. The van der Waals surface area contributed by atoms with Gasteiger partial charge in [-0.1, -0.05) is 12.1 Å². The lowest BCUT2D eigenvalue weighted by atomic mass is 10.1. The van der Waals surface area contributed by atoms with Gasteiger partial charge >= 0.3 is 18.8 Å². The molecule has 2 amide bonds.